The Bertz CT molecular complexity index is 692. The van der Waals surface area contributed by atoms with Crippen molar-refractivity contribution in [2.24, 2.45) is 5.92 Å². The second-order valence-corrected chi connectivity index (χ2v) is 9.24. The summed E-state index contributed by atoms with van der Waals surface area (Å²) in [4.78, 5) is 0. The highest BCUT2D eigenvalue weighted by Gasteiger charge is 2.22. The van der Waals surface area contributed by atoms with Gasteiger partial charge in [0.2, 0.25) is 0 Å². The van der Waals surface area contributed by atoms with Crippen LogP contribution in [0.1, 0.15) is 102 Å². The van der Waals surface area contributed by atoms with Crippen molar-refractivity contribution in [1.29, 1.82) is 0 Å². The second-order valence-electron chi connectivity index (χ2n) is 9.24. The van der Waals surface area contributed by atoms with Gasteiger partial charge >= 0.3 is 0 Å². The molecule has 2 unspecified atom stereocenters. The van der Waals surface area contributed by atoms with Crippen molar-refractivity contribution in [3.05, 3.63) is 59.7 Å². The Morgan fingerprint density at radius 3 is 1.97 bits per heavy atom. The van der Waals surface area contributed by atoms with E-state index in [0.717, 1.165) is 12.5 Å². The Morgan fingerprint density at radius 2 is 1.33 bits per heavy atom. The molecule has 0 amide bonds. The maximum Gasteiger partial charge on any atom is 0.0825 e. The molecule has 1 heteroatoms. The summed E-state index contributed by atoms with van der Waals surface area (Å²) in [6, 6.07) is 18.2. The van der Waals surface area contributed by atoms with Crippen LogP contribution >= 0.6 is 0 Å². The first kappa shape index (κ1) is 23.1. The van der Waals surface area contributed by atoms with Gasteiger partial charge in [0.1, 0.15) is 0 Å². The first-order chi connectivity index (χ1) is 14.8. The SMILES string of the molecule is CCCCCCCC1CCC(c2ccc(-c3ccc(CCCCC)cc3)cc2)OC1. The molecular weight excluding hydrogens is 364 g/mol. The highest BCUT2D eigenvalue weighted by Crippen LogP contribution is 2.33. The molecule has 0 aromatic heterocycles. The minimum Gasteiger partial charge on any atom is -0.373 e. The van der Waals surface area contributed by atoms with Crippen LogP contribution in [0.25, 0.3) is 11.1 Å². The third kappa shape index (κ3) is 7.27. The largest absolute Gasteiger partial charge is 0.373 e. The summed E-state index contributed by atoms with van der Waals surface area (Å²) in [6.07, 6.45) is 16.1. The lowest BCUT2D eigenvalue weighted by Crippen LogP contribution is -2.20. The molecule has 1 aliphatic heterocycles. The number of hydrogen-bond acceptors (Lipinski definition) is 1. The van der Waals surface area contributed by atoms with E-state index in [9.17, 15) is 0 Å². The predicted molar refractivity (Wildman–Crippen MR) is 130 cm³/mol. The van der Waals surface area contributed by atoms with Crippen molar-refractivity contribution in [3.63, 3.8) is 0 Å². The lowest BCUT2D eigenvalue weighted by molar-refractivity contribution is -0.0198. The van der Waals surface area contributed by atoms with Crippen LogP contribution in [0.3, 0.4) is 0 Å². The molecule has 1 saturated heterocycles. The molecule has 1 nitrogen and oxygen atoms in total. The van der Waals surface area contributed by atoms with E-state index >= 15 is 0 Å². The molecule has 2 atom stereocenters. The molecule has 0 bridgehead atoms. The van der Waals surface area contributed by atoms with Crippen LogP contribution in [-0.4, -0.2) is 6.61 Å². The highest BCUT2D eigenvalue weighted by molar-refractivity contribution is 5.64. The van der Waals surface area contributed by atoms with Gasteiger partial charge in [-0.25, -0.2) is 0 Å². The smallest absolute Gasteiger partial charge is 0.0825 e. The molecule has 1 heterocycles. The number of rotatable bonds is 12. The molecule has 1 aliphatic rings. The Balaban J connectivity index is 1.44. The van der Waals surface area contributed by atoms with Crippen LogP contribution in [0.2, 0.25) is 0 Å². The fraction of sp³-hybridized carbons (Fsp3) is 0.586. The second kappa shape index (κ2) is 13.0. The van der Waals surface area contributed by atoms with Crippen LogP contribution < -0.4 is 0 Å². The van der Waals surface area contributed by atoms with Crippen molar-refractivity contribution in [3.8, 4) is 11.1 Å². The zero-order valence-electron chi connectivity index (χ0n) is 19.4. The lowest BCUT2D eigenvalue weighted by Gasteiger charge is -2.29. The summed E-state index contributed by atoms with van der Waals surface area (Å²) in [5, 5.41) is 0. The van der Waals surface area contributed by atoms with E-state index in [2.05, 4.69) is 62.4 Å². The Morgan fingerprint density at radius 1 is 0.700 bits per heavy atom. The molecule has 0 saturated carbocycles. The summed E-state index contributed by atoms with van der Waals surface area (Å²) in [5.41, 5.74) is 5.42. The van der Waals surface area contributed by atoms with Crippen molar-refractivity contribution >= 4 is 0 Å². The number of hydrogen-bond donors (Lipinski definition) is 0. The van der Waals surface area contributed by atoms with Gasteiger partial charge in [0.25, 0.3) is 0 Å². The quantitative estimate of drug-likeness (QED) is 0.320. The van der Waals surface area contributed by atoms with Gasteiger partial charge in [0.05, 0.1) is 12.7 Å². The normalized spacial score (nSPS) is 19.1. The number of ether oxygens (including phenoxy) is 1. The summed E-state index contributed by atoms with van der Waals surface area (Å²) >= 11 is 0. The predicted octanol–water partition coefficient (Wildman–Crippen LogP) is 8.91. The van der Waals surface area contributed by atoms with Gasteiger partial charge in [-0.15, -0.1) is 0 Å². The van der Waals surface area contributed by atoms with Gasteiger partial charge in [-0.2, -0.15) is 0 Å². The van der Waals surface area contributed by atoms with Crippen molar-refractivity contribution in [2.45, 2.75) is 97.0 Å². The van der Waals surface area contributed by atoms with Gasteiger partial charge < -0.3 is 4.74 Å². The summed E-state index contributed by atoms with van der Waals surface area (Å²) < 4.78 is 6.26. The maximum absolute atomic E-state index is 6.26. The minimum atomic E-state index is 0.288. The molecule has 2 aromatic rings. The number of unbranched alkanes of at least 4 members (excludes halogenated alkanes) is 6. The van der Waals surface area contributed by atoms with Gasteiger partial charge in [-0.3, -0.25) is 0 Å². The molecule has 0 N–H and O–H groups in total. The fourth-order valence-electron chi connectivity index (χ4n) is 4.67. The van der Waals surface area contributed by atoms with Gasteiger partial charge in [0.15, 0.2) is 0 Å². The van der Waals surface area contributed by atoms with E-state index in [1.54, 1.807) is 0 Å². The van der Waals surface area contributed by atoms with Crippen LogP contribution in [-0.2, 0) is 11.2 Å². The van der Waals surface area contributed by atoms with Gasteiger partial charge in [0, 0.05) is 0 Å². The third-order valence-electron chi connectivity index (χ3n) is 6.72. The minimum absolute atomic E-state index is 0.288. The Labute approximate surface area is 185 Å². The van der Waals surface area contributed by atoms with E-state index in [4.69, 9.17) is 4.74 Å². The average Bonchev–Trinajstić information content (AvgIpc) is 2.80. The van der Waals surface area contributed by atoms with Crippen LogP contribution in [0.4, 0.5) is 0 Å². The third-order valence-corrected chi connectivity index (χ3v) is 6.72. The van der Waals surface area contributed by atoms with E-state index in [1.807, 2.05) is 0 Å². The summed E-state index contributed by atoms with van der Waals surface area (Å²) in [5.74, 6) is 0.776. The molecule has 0 spiro atoms. The standard InChI is InChI=1S/C29H42O/c1-3-5-7-8-10-12-25-15-22-29(30-23-25)28-20-18-27(19-21-28)26-16-13-24(14-17-26)11-9-6-4-2/h13-14,16-21,25,29H,3-12,15,22-23H2,1-2H3. The van der Waals surface area contributed by atoms with Crippen LogP contribution in [0.15, 0.2) is 48.5 Å². The monoisotopic (exact) mass is 406 g/mol. The molecule has 164 valence electrons. The average molecular weight is 407 g/mol. The zero-order chi connectivity index (χ0) is 21.0. The number of aryl methyl sites for hydroxylation is 1. The molecule has 0 radical (unpaired) electrons. The topological polar surface area (TPSA) is 9.23 Å². The Kier molecular flexibility index (Phi) is 9.96. The molecule has 0 aliphatic carbocycles. The van der Waals surface area contributed by atoms with Gasteiger partial charge in [-0.1, -0.05) is 107 Å². The van der Waals surface area contributed by atoms with Crippen LogP contribution in [0.5, 0.6) is 0 Å². The van der Waals surface area contributed by atoms with E-state index in [-0.39, 0.29) is 6.10 Å². The summed E-state index contributed by atoms with van der Waals surface area (Å²) in [6.45, 7) is 5.49. The van der Waals surface area contributed by atoms with Crippen molar-refractivity contribution in [2.75, 3.05) is 6.61 Å². The molecular formula is C29H42O. The van der Waals surface area contributed by atoms with E-state index in [1.165, 1.54) is 99.3 Å². The lowest BCUT2D eigenvalue weighted by atomic mass is 9.90. The first-order valence-corrected chi connectivity index (χ1v) is 12.6. The fourth-order valence-corrected chi connectivity index (χ4v) is 4.67. The first-order valence-electron chi connectivity index (χ1n) is 12.6. The van der Waals surface area contributed by atoms with Crippen molar-refractivity contribution in [1.82, 2.24) is 0 Å². The number of benzene rings is 2. The molecule has 2 aromatic carbocycles. The summed E-state index contributed by atoms with van der Waals surface area (Å²) in [7, 11) is 0. The molecule has 3 rings (SSSR count). The maximum atomic E-state index is 6.26. The van der Waals surface area contributed by atoms with E-state index < -0.39 is 0 Å². The highest BCUT2D eigenvalue weighted by atomic mass is 16.5. The molecule has 1 fully saturated rings. The molecule has 30 heavy (non-hydrogen) atoms. The van der Waals surface area contributed by atoms with Gasteiger partial charge in [-0.05, 0) is 60.3 Å². The van der Waals surface area contributed by atoms with Crippen molar-refractivity contribution < 1.29 is 4.74 Å². The van der Waals surface area contributed by atoms with E-state index in [0.29, 0.717) is 0 Å². The Hall–Kier alpha value is -1.60. The van der Waals surface area contributed by atoms with Crippen LogP contribution in [0, 0.1) is 5.92 Å². The zero-order valence-corrected chi connectivity index (χ0v) is 19.4.